The normalized spacial score (nSPS) is 15.1. The molecule has 0 unspecified atom stereocenters. The number of aliphatic hydroxyl groups excluding tert-OH is 1. The highest BCUT2D eigenvalue weighted by molar-refractivity contribution is 5.91. The first kappa shape index (κ1) is 45.4. The highest BCUT2D eigenvalue weighted by Gasteiger charge is 2.33. The number of hydrogen-bond acceptors (Lipinski definition) is 8. The SMILES string of the molecule is CC(C)[C@H](NC(=O)[C@H](C)C[C@H](O)[C@H](Cc1ccccc1)NC(=O)[C@H](C)NC(=O)[C@H](CCCC(F)(F)F)NC(=O)OC(C)(C)C)C(=O)NCc1ccncc1. The Balaban J connectivity index is 2.13. The maximum atomic E-state index is 13.4. The minimum Gasteiger partial charge on any atom is -0.444 e. The van der Waals surface area contributed by atoms with Gasteiger partial charge in [-0.15, -0.1) is 0 Å². The van der Waals surface area contributed by atoms with Crippen LogP contribution in [-0.4, -0.2) is 81.9 Å². The molecule has 5 amide bonds. The molecule has 1 aromatic carbocycles. The van der Waals surface area contributed by atoms with E-state index in [4.69, 9.17) is 4.74 Å². The number of pyridine rings is 1. The lowest BCUT2D eigenvalue weighted by molar-refractivity contribution is -0.137. The topological polar surface area (TPSA) is 188 Å². The van der Waals surface area contributed by atoms with E-state index < -0.39 is 84.6 Å². The number of benzene rings is 1. The lowest BCUT2D eigenvalue weighted by Gasteiger charge is -2.29. The van der Waals surface area contributed by atoms with Crippen LogP contribution < -0.4 is 26.6 Å². The van der Waals surface area contributed by atoms with Crippen LogP contribution in [0.3, 0.4) is 0 Å². The van der Waals surface area contributed by atoms with Crippen molar-refractivity contribution in [1.82, 2.24) is 31.6 Å². The van der Waals surface area contributed by atoms with Crippen LogP contribution in [0.5, 0.6) is 0 Å². The molecule has 13 nitrogen and oxygen atoms in total. The Bertz CT molecular complexity index is 1510. The van der Waals surface area contributed by atoms with Gasteiger partial charge in [-0.1, -0.05) is 51.1 Å². The second kappa shape index (κ2) is 21.2. The minimum atomic E-state index is -4.47. The molecule has 0 saturated heterocycles. The molecule has 0 aliphatic rings. The maximum absolute atomic E-state index is 13.4. The predicted molar refractivity (Wildman–Crippen MR) is 195 cm³/mol. The number of halogens is 3. The van der Waals surface area contributed by atoms with Crippen LogP contribution >= 0.6 is 0 Å². The van der Waals surface area contributed by atoms with Crippen molar-refractivity contribution < 1.29 is 47.0 Å². The van der Waals surface area contributed by atoms with Gasteiger partial charge in [0.15, 0.2) is 0 Å². The number of aromatic nitrogens is 1. The predicted octanol–water partition coefficient (Wildman–Crippen LogP) is 4.08. The average Bonchev–Trinajstić information content (AvgIpc) is 3.07. The van der Waals surface area contributed by atoms with E-state index >= 15 is 0 Å². The first-order chi connectivity index (χ1) is 25.1. The molecule has 2 aromatic rings. The number of carbonyl (C=O) groups is 5. The molecule has 0 saturated carbocycles. The van der Waals surface area contributed by atoms with E-state index in [1.807, 2.05) is 0 Å². The molecule has 0 spiro atoms. The van der Waals surface area contributed by atoms with E-state index in [0.29, 0.717) is 0 Å². The smallest absolute Gasteiger partial charge is 0.408 e. The molecule has 6 atom stereocenters. The van der Waals surface area contributed by atoms with Gasteiger partial charge in [0.05, 0.1) is 12.1 Å². The van der Waals surface area contributed by atoms with Crippen molar-refractivity contribution in [2.75, 3.05) is 0 Å². The third kappa shape index (κ3) is 17.4. The third-order valence-electron chi connectivity index (χ3n) is 8.31. The molecule has 0 fully saturated rings. The van der Waals surface area contributed by atoms with Gasteiger partial charge in [-0.3, -0.25) is 24.2 Å². The number of amides is 5. The van der Waals surface area contributed by atoms with Crippen molar-refractivity contribution in [1.29, 1.82) is 0 Å². The molecular formula is C38H55F3N6O7. The molecule has 16 heteroatoms. The van der Waals surface area contributed by atoms with E-state index in [9.17, 15) is 42.3 Å². The first-order valence-electron chi connectivity index (χ1n) is 18.0. The van der Waals surface area contributed by atoms with Gasteiger partial charge >= 0.3 is 12.3 Å². The maximum Gasteiger partial charge on any atom is 0.408 e. The second-order valence-electron chi connectivity index (χ2n) is 14.7. The van der Waals surface area contributed by atoms with Crippen LogP contribution in [0.4, 0.5) is 18.0 Å². The standard InChI is InChI=1S/C38H55F3N6O7/c1-23(2)31(35(52)43-22-27-15-18-42-19-16-27)47-32(49)24(3)20-30(48)29(21-26-12-9-8-10-13-26)45-33(50)25(4)44-34(51)28(14-11-17-38(39,40)41)46-36(53)54-37(5,6)7/h8-10,12-13,15-16,18-19,23-25,28-31,48H,11,14,17,20-22H2,1-7H3,(H,43,52)(H,44,51)(H,45,50)(H,46,53)(H,47,49)/t24-,25+,28+,29+,30+,31+/m1/s1. The van der Waals surface area contributed by atoms with Crippen LogP contribution in [0.15, 0.2) is 54.9 Å². The number of alkyl carbamates (subject to hydrolysis) is 1. The fraction of sp³-hybridized carbons (Fsp3) is 0.579. The number of ether oxygens (including phenoxy) is 1. The Kier molecular flexibility index (Phi) is 17.9. The lowest BCUT2D eigenvalue weighted by Crippen LogP contribution is -2.56. The molecule has 0 radical (unpaired) electrons. The molecule has 54 heavy (non-hydrogen) atoms. The fourth-order valence-electron chi connectivity index (χ4n) is 5.33. The molecule has 2 rings (SSSR count). The van der Waals surface area contributed by atoms with Crippen LogP contribution in [0.1, 0.15) is 85.3 Å². The van der Waals surface area contributed by atoms with Crippen LogP contribution in [-0.2, 0) is 36.9 Å². The fourth-order valence-corrected chi connectivity index (χ4v) is 5.33. The Morgan fingerprint density at radius 3 is 2.00 bits per heavy atom. The quantitative estimate of drug-likeness (QED) is 0.124. The summed E-state index contributed by atoms with van der Waals surface area (Å²) in [6.45, 7) is 11.5. The number of hydrogen-bond donors (Lipinski definition) is 6. The zero-order valence-electron chi connectivity index (χ0n) is 32.0. The van der Waals surface area contributed by atoms with E-state index in [0.717, 1.165) is 11.1 Å². The van der Waals surface area contributed by atoms with Gasteiger partial charge in [0.2, 0.25) is 23.6 Å². The summed E-state index contributed by atoms with van der Waals surface area (Å²) < 4.78 is 43.7. The summed E-state index contributed by atoms with van der Waals surface area (Å²) in [5, 5.41) is 24.4. The van der Waals surface area contributed by atoms with Gasteiger partial charge in [0.1, 0.15) is 23.7 Å². The number of nitrogens with one attached hydrogen (secondary N) is 5. The summed E-state index contributed by atoms with van der Waals surface area (Å²) in [6, 6.07) is 7.98. The van der Waals surface area contributed by atoms with Crippen molar-refractivity contribution >= 4 is 29.7 Å². The molecule has 0 aliphatic heterocycles. The highest BCUT2D eigenvalue weighted by atomic mass is 19.4. The molecule has 6 N–H and O–H groups in total. The Morgan fingerprint density at radius 1 is 0.796 bits per heavy atom. The number of alkyl halides is 3. The second-order valence-corrected chi connectivity index (χ2v) is 14.7. The zero-order valence-corrected chi connectivity index (χ0v) is 32.0. The number of rotatable bonds is 19. The third-order valence-corrected chi connectivity index (χ3v) is 8.31. The monoisotopic (exact) mass is 764 g/mol. The number of nitrogens with zero attached hydrogens (tertiary/aromatic N) is 1. The van der Waals surface area contributed by atoms with Gasteiger partial charge in [-0.25, -0.2) is 4.79 Å². The van der Waals surface area contributed by atoms with Crippen molar-refractivity contribution in [3.8, 4) is 0 Å². The molecule has 0 aliphatic carbocycles. The summed E-state index contributed by atoms with van der Waals surface area (Å²) in [7, 11) is 0. The van der Waals surface area contributed by atoms with E-state index in [1.165, 1.54) is 6.92 Å². The number of aliphatic hydroxyl groups is 1. The van der Waals surface area contributed by atoms with Crippen molar-refractivity contribution in [2.24, 2.45) is 11.8 Å². The van der Waals surface area contributed by atoms with E-state index in [-0.39, 0.29) is 37.6 Å². The summed E-state index contributed by atoms with van der Waals surface area (Å²) in [5.41, 5.74) is 0.651. The van der Waals surface area contributed by atoms with Gasteiger partial charge < -0.3 is 36.4 Å². The lowest BCUT2D eigenvalue weighted by atomic mass is 9.92. The first-order valence-corrected chi connectivity index (χ1v) is 18.0. The molecule has 1 aromatic heterocycles. The van der Waals surface area contributed by atoms with E-state index in [1.54, 1.807) is 96.4 Å². The van der Waals surface area contributed by atoms with Crippen molar-refractivity contribution in [3.05, 3.63) is 66.0 Å². The molecule has 300 valence electrons. The number of carbonyl (C=O) groups excluding carboxylic acids is 5. The van der Waals surface area contributed by atoms with Crippen LogP contribution in [0.25, 0.3) is 0 Å². The molecule has 1 heterocycles. The highest BCUT2D eigenvalue weighted by Crippen LogP contribution is 2.23. The summed E-state index contributed by atoms with van der Waals surface area (Å²) in [4.78, 5) is 69.3. The summed E-state index contributed by atoms with van der Waals surface area (Å²) in [6.07, 6.45) is -5.52. The summed E-state index contributed by atoms with van der Waals surface area (Å²) in [5.74, 6) is -3.53. The average molecular weight is 765 g/mol. The zero-order chi connectivity index (χ0) is 40.6. The van der Waals surface area contributed by atoms with Crippen LogP contribution in [0.2, 0.25) is 0 Å². The van der Waals surface area contributed by atoms with Crippen molar-refractivity contribution in [2.45, 2.75) is 129 Å². The van der Waals surface area contributed by atoms with Gasteiger partial charge in [-0.05, 0) is 82.6 Å². The minimum absolute atomic E-state index is 0.102. The van der Waals surface area contributed by atoms with E-state index in [2.05, 4.69) is 31.6 Å². The van der Waals surface area contributed by atoms with Gasteiger partial charge in [-0.2, -0.15) is 13.2 Å². The Morgan fingerprint density at radius 2 is 1.43 bits per heavy atom. The van der Waals surface area contributed by atoms with Crippen LogP contribution in [0, 0.1) is 11.8 Å². The molecular weight excluding hydrogens is 709 g/mol. The summed E-state index contributed by atoms with van der Waals surface area (Å²) >= 11 is 0. The Hall–Kier alpha value is -4.73. The van der Waals surface area contributed by atoms with Gasteiger partial charge in [0, 0.05) is 31.3 Å². The largest absolute Gasteiger partial charge is 0.444 e. The Labute approximate surface area is 315 Å². The van der Waals surface area contributed by atoms with Crippen molar-refractivity contribution in [3.63, 3.8) is 0 Å². The van der Waals surface area contributed by atoms with Gasteiger partial charge in [0.25, 0.3) is 0 Å². The molecule has 0 bridgehead atoms.